The van der Waals surface area contributed by atoms with E-state index in [2.05, 4.69) is 5.32 Å². The number of hydrogen-bond donors (Lipinski definition) is 1. The molecule has 0 aromatic rings. The van der Waals surface area contributed by atoms with Gasteiger partial charge in [-0.15, -0.1) is 0 Å². The van der Waals surface area contributed by atoms with Crippen LogP contribution in [0.5, 0.6) is 0 Å². The number of carbonyl (C=O) groups excluding carboxylic acids is 1. The summed E-state index contributed by atoms with van der Waals surface area (Å²) in [5, 5.41) is 3.80. The van der Waals surface area contributed by atoms with Gasteiger partial charge in [0.2, 0.25) is 0 Å². The first-order valence-corrected chi connectivity index (χ1v) is 8.66. The monoisotopic (exact) mass is 310 g/mol. The third-order valence-electron chi connectivity index (χ3n) is 5.26. The molecule has 2 saturated carbocycles. The van der Waals surface area contributed by atoms with Crippen molar-refractivity contribution in [3.8, 4) is 0 Å². The van der Waals surface area contributed by atoms with Crippen molar-refractivity contribution in [1.82, 2.24) is 10.2 Å². The van der Waals surface area contributed by atoms with Crippen LogP contribution < -0.4 is 5.32 Å². The molecule has 2 aliphatic carbocycles. The van der Waals surface area contributed by atoms with Gasteiger partial charge in [-0.2, -0.15) is 0 Å². The molecule has 3 aliphatic rings. The second kappa shape index (κ2) is 6.00. The first kappa shape index (κ1) is 16.1. The fourth-order valence-corrected chi connectivity index (χ4v) is 4.07. The number of hydrogen-bond acceptors (Lipinski definition) is 4. The standard InChI is InChI=1S/C17H30N2O3/c1-17(2,3)22-16(20)19-9-11-12(10-19)15(11)18-13-7-5-6-8-14(13)21-4/h11-15,18H,5-10H2,1-4H3. The highest BCUT2D eigenvalue weighted by atomic mass is 16.6. The third-order valence-corrected chi connectivity index (χ3v) is 5.26. The summed E-state index contributed by atoms with van der Waals surface area (Å²) in [6, 6.07) is 1.06. The SMILES string of the molecule is COC1CCCCC1NC1C2CN(C(=O)OC(C)(C)C)CC21. The van der Waals surface area contributed by atoms with Crippen molar-refractivity contribution >= 4 is 6.09 Å². The lowest BCUT2D eigenvalue weighted by molar-refractivity contribution is 0.0249. The molecule has 1 N–H and O–H groups in total. The summed E-state index contributed by atoms with van der Waals surface area (Å²) in [7, 11) is 1.82. The molecule has 4 unspecified atom stereocenters. The minimum Gasteiger partial charge on any atom is -0.444 e. The summed E-state index contributed by atoms with van der Waals surface area (Å²) in [5.41, 5.74) is -0.407. The average Bonchev–Trinajstić information content (AvgIpc) is 2.90. The Morgan fingerprint density at radius 2 is 1.77 bits per heavy atom. The summed E-state index contributed by atoms with van der Waals surface area (Å²) in [6.45, 7) is 7.42. The number of fused-ring (bicyclic) bond motifs is 1. The van der Waals surface area contributed by atoms with Gasteiger partial charge in [0.15, 0.2) is 0 Å². The Morgan fingerprint density at radius 3 is 2.36 bits per heavy atom. The van der Waals surface area contributed by atoms with Gasteiger partial charge in [0.1, 0.15) is 5.60 Å². The fraction of sp³-hybridized carbons (Fsp3) is 0.941. The molecule has 22 heavy (non-hydrogen) atoms. The van der Waals surface area contributed by atoms with E-state index in [0.717, 1.165) is 13.1 Å². The Hall–Kier alpha value is -0.810. The summed E-state index contributed by atoms with van der Waals surface area (Å²) in [5.74, 6) is 1.21. The predicted octanol–water partition coefficient (Wildman–Crippen LogP) is 2.40. The van der Waals surface area contributed by atoms with Crippen molar-refractivity contribution in [2.45, 2.75) is 70.2 Å². The third kappa shape index (κ3) is 3.40. The number of ether oxygens (including phenoxy) is 2. The lowest BCUT2D eigenvalue weighted by Gasteiger charge is -2.32. The van der Waals surface area contributed by atoms with Crippen molar-refractivity contribution in [3.05, 3.63) is 0 Å². The maximum absolute atomic E-state index is 12.1. The smallest absolute Gasteiger partial charge is 0.410 e. The van der Waals surface area contributed by atoms with Crippen LogP contribution in [0.25, 0.3) is 0 Å². The number of likely N-dealkylation sites (tertiary alicyclic amines) is 1. The normalized spacial score (nSPS) is 37.8. The van der Waals surface area contributed by atoms with Gasteiger partial charge in [-0.05, 0) is 45.4 Å². The van der Waals surface area contributed by atoms with E-state index in [0.29, 0.717) is 30.0 Å². The number of nitrogens with zero attached hydrogens (tertiary/aromatic N) is 1. The van der Waals surface area contributed by atoms with Crippen LogP contribution in [0, 0.1) is 11.8 Å². The molecule has 0 aromatic carbocycles. The molecule has 3 rings (SSSR count). The van der Waals surface area contributed by atoms with E-state index in [4.69, 9.17) is 9.47 Å². The zero-order valence-electron chi connectivity index (χ0n) is 14.3. The number of rotatable bonds is 3. The first-order valence-electron chi connectivity index (χ1n) is 8.66. The number of nitrogens with one attached hydrogen (secondary N) is 1. The Labute approximate surface area is 133 Å². The highest BCUT2D eigenvalue weighted by molar-refractivity contribution is 5.69. The number of carbonyl (C=O) groups is 1. The molecule has 0 bridgehead atoms. The van der Waals surface area contributed by atoms with Gasteiger partial charge in [0, 0.05) is 32.3 Å². The molecule has 3 fully saturated rings. The van der Waals surface area contributed by atoms with E-state index >= 15 is 0 Å². The van der Waals surface area contributed by atoms with E-state index in [-0.39, 0.29) is 6.09 Å². The van der Waals surface area contributed by atoms with Gasteiger partial charge in [-0.25, -0.2) is 4.79 Å². The predicted molar refractivity (Wildman–Crippen MR) is 84.8 cm³/mol. The van der Waals surface area contributed by atoms with Gasteiger partial charge in [0.05, 0.1) is 6.10 Å². The Bertz CT molecular complexity index is 409. The quantitative estimate of drug-likeness (QED) is 0.869. The van der Waals surface area contributed by atoms with Crippen LogP contribution in [0.1, 0.15) is 46.5 Å². The highest BCUT2D eigenvalue weighted by Crippen LogP contribution is 2.46. The van der Waals surface area contributed by atoms with E-state index in [1.54, 1.807) is 0 Å². The molecule has 126 valence electrons. The number of methoxy groups -OCH3 is 1. The molecular weight excluding hydrogens is 280 g/mol. The molecule has 4 atom stereocenters. The number of amides is 1. The van der Waals surface area contributed by atoms with Crippen molar-refractivity contribution in [1.29, 1.82) is 0 Å². The second-order valence-electron chi connectivity index (χ2n) is 8.07. The second-order valence-corrected chi connectivity index (χ2v) is 8.07. The van der Waals surface area contributed by atoms with Crippen molar-refractivity contribution in [3.63, 3.8) is 0 Å². The highest BCUT2D eigenvalue weighted by Gasteiger charge is 2.57. The van der Waals surface area contributed by atoms with Crippen molar-refractivity contribution in [2.75, 3.05) is 20.2 Å². The van der Waals surface area contributed by atoms with E-state index in [1.807, 2.05) is 32.8 Å². The zero-order valence-corrected chi connectivity index (χ0v) is 14.3. The van der Waals surface area contributed by atoms with Gasteiger partial charge >= 0.3 is 6.09 Å². The van der Waals surface area contributed by atoms with Crippen LogP contribution in [0.3, 0.4) is 0 Å². The molecule has 5 heteroatoms. The topological polar surface area (TPSA) is 50.8 Å². The Morgan fingerprint density at radius 1 is 1.14 bits per heavy atom. The van der Waals surface area contributed by atoms with Crippen molar-refractivity contribution < 1.29 is 14.3 Å². The summed E-state index contributed by atoms with van der Waals surface area (Å²) < 4.78 is 11.1. The summed E-state index contributed by atoms with van der Waals surface area (Å²) in [4.78, 5) is 14.0. The lowest BCUT2D eigenvalue weighted by Crippen LogP contribution is -2.47. The molecule has 1 aliphatic heterocycles. The molecule has 0 aromatic heterocycles. The molecule has 1 saturated heterocycles. The molecular formula is C17H30N2O3. The van der Waals surface area contributed by atoms with E-state index in [1.165, 1.54) is 25.7 Å². The molecule has 0 spiro atoms. The Kier molecular flexibility index (Phi) is 4.38. The largest absolute Gasteiger partial charge is 0.444 e. The van der Waals surface area contributed by atoms with Crippen LogP contribution in [-0.2, 0) is 9.47 Å². The van der Waals surface area contributed by atoms with Gasteiger partial charge in [0.25, 0.3) is 0 Å². The summed E-state index contributed by atoms with van der Waals surface area (Å²) >= 11 is 0. The summed E-state index contributed by atoms with van der Waals surface area (Å²) in [6.07, 6.45) is 5.15. The zero-order chi connectivity index (χ0) is 15.9. The maximum Gasteiger partial charge on any atom is 0.410 e. The van der Waals surface area contributed by atoms with Gasteiger partial charge < -0.3 is 19.7 Å². The van der Waals surface area contributed by atoms with Crippen molar-refractivity contribution in [2.24, 2.45) is 11.8 Å². The maximum atomic E-state index is 12.1. The van der Waals surface area contributed by atoms with Gasteiger partial charge in [-0.1, -0.05) is 12.8 Å². The van der Waals surface area contributed by atoms with Crippen LogP contribution >= 0.6 is 0 Å². The fourth-order valence-electron chi connectivity index (χ4n) is 4.07. The lowest BCUT2D eigenvalue weighted by atomic mass is 9.92. The minimum atomic E-state index is -0.407. The molecule has 5 nitrogen and oxygen atoms in total. The molecule has 1 amide bonds. The van der Waals surface area contributed by atoms with Crippen LogP contribution in [0.4, 0.5) is 4.79 Å². The van der Waals surface area contributed by atoms with Gasteiger partial charge in [-0.3, -0.25) is 0 Å². The number of piperidine rings is 1. The molecule has 0 radical (unpaired) electrons. The van der Waals surface area contributed by atoms with E-state index in [9.17, 15) is 4.79 Å². The Balaban J connectivity index is 1.46. The van der Waals surface area contributed by atoms with Crippen LogP contribution in [-0.4, -0.2) is 55.0 Å². The first-order chi connectivity index (χ1) is 10.4. The van der Waals surface area contributed by atoms with Crippen LogP contribution in [0.15, 0.2) is 0 Å². The van der Waals surface area contributed by atoms with E-state index < -0.39 is 5.60 Å². The molecule has 1 heterocycles. The van der Waals surface area contributed by atoms with Crippen LogP contribution in [0.2, 0.25) is 0 Å². The average molecular weight is 310 g/mol. The minimum absolute atomic E-state index is 0.161.